The SMILES string of the molecule is Nc1nc(N2CC[C@H]2c2nn3ccc(Cl)c3c(=O)n2-c2ccccc2)n2ccnc2n1. The molecule has 1 aliphatic rings. The number of hydrogen-bond donors (Lipinski definition) is 1. The molecule has 0 radical (unpaired) electrons. The quantitative estimate of drug-likeness (QED) is 0.463. The van der Waals surface area contributed by atoms with Crippen LogP contribution in [0.2, 0.25) is 5.02 Å². The topological polar surface area (TPSA) is 112 Å². The first-order chi connectivity index (χ1) is 15.1. The normalized spacial score (nSPS) is 16.2. The highest BCUT2D eigenvalue weighted by atomic mass is 35.5. The first kappa shape index (κ1) is 17.9. The Balaban J connectivity index is 1.58. The molecule has 2 N–H and O–H groups in total. The van der Waals surface area contributed by atoms with Crippen molar-refractivity contribution in [3.8, 4) is 5.69 Å². The fourth-order valence-corrected chi connectivity index (χ4v) is 4.23. The van der Waals surface area contributed by atoms with Crippen LogP contribution in [0.4, 0.5) is 11.9 Å². The second-order valence-electron chi connectivity index (χ2n) is 7.27. The van der Waals surface area contributed by atoms with Crippen LogP contribution in [-0.4, -0.2) is 40.1 Å². The predicted octanol–water partition coefficient (Wildman–Crippen LogP) is 2.11. The molecule has 0 unspecified atom stereocenters. The number of hydrogen-bond acceptors (Lipinski definition) is 7. The molecule has 1 atom stereocenters. The van der Waals surface area contributed by atoms with Gasteiger partial charge >= 0.3 is 0 Å². The minimum atomic E-state index is -0.229. The molecule has 0 bridgehead atoms. The number of fused-ring (bicyclic) bond motifs is 2. The van der Waals surface area contributed by atoms with Gasteiger partial charge in [0.2, 0.25) is 17.7 Å². The summed E-state index contributed by atoms with van der Waals surface area (Å²) in [5.41, 5.74) is 6.74. The maximum absolute atomic E-state index is 13.5. The number of nitrogens with two attached hydrogens (primary N) is 1. The summed E-state index contributed by atoms with van der Waals surface area (Å²) in [6.07, 6.45) is 5.91. The van der Waals surface area contributed by atoms with E-state index in [0.29, 0.717) is 28.1 Å². The van der Waals surface area contributed by atoms with E-state index in [1.54, 1.807) is 33.6 Å². The van der Waals surface area contributed by atoms with Crippen molar-refractivity contribution in [3.63, 3.8) is 0 Å². The highest BCUT2D eigenvalue weighted by Crippen LogP contribution is 2.36. The molecule has 11 heteroatoms. The van der Waals surface area contributed by atoms with Crippen LogP contribution in [0.3, 0.4) is 0 Å². The van der Waals surface area contributed by atoms with Crippen LogP contribution in [0.15, 0.2) is 59.8 Å². The van der Waals surface area contributed by atoms with Gasteiger partial charge in [0, 0.05) is 25.1 Å². The highest BCUT2D eigenvalue weighted by Gasteiger charge is 2.37. The highest BCUT2D eigenvalue weighted by molar-refractivity contribution is 6.33. The number of anilines is 2. The lowest BCUT2D eigenvalue weighted by Crippen LogP contribution is -2.46. The molecule has 0 spiro atoms. The summed E-state index contributed by atoms with van der Waals surface area (Å²) in [5.74, 6) is 1.80. The second kappa shape index (κ2) is 6.54. The van der Waals surface area contributed by atoms with Crippen molar-refractivity contribution in [1.29, 1.82) is 0 Å². The monoisotopic (exact) mass is 433 g/mol. The number of benzene rings is 1. The van der Waals surface area contributed by atoms with E-state index < -0.39 is 0 Å². The first-order valence-corrected chi connectivity index (χ1v) is 10.1. The van der Waals surface area contributed by atoms with Gasteiger partial charge in [0.25, 0.3) is 5.56 Å². The van der Waals surface area contributed by atoms with Gasteiger partial charge in [-0.3, -0.25) is 13.8 Å². The van der Waals surface area contributed by atoms with E-state index in [1.165, 1.54) is 4.52 Å². The van der Waals surface area contributed by atoms with Crippen LogP contribution >= 0.6 is 11.6 Å². The number of rotatable bonds is 3. The number of aromatic nitrogens is 7. The van der Waals surface area contributed by atoms with Crippen LogP contribution in [0.5, 0.6) is 0 Å². The van der Waals surface area contributed by atoms with Crippen molar-refractivity contribution in [2.24, 2.45) is 0 Å². The van der Waals surface area contributed by atoms with Crippen molar-refractivity contribution in [1.82, 2.24) is 33.5 Å². The Morgan fingerprint density at radius 2 is 1.94 bits per heavy atom. The molecule has 4 aromatic heterocycles. The predicted molar refractivity (Wildman–Crippen MR) is 116 cm³/mol. The van der Waals surface area contributed by atoms with E-state index in [1.807, 2.05) is 35.2 Å². The Morgan fingerprint density at radius 1 is 1.10 bits per heavy atom. The molecule has 1 aliphatic heterocycles. The van der Waals surface area contributed by atoms with Crippen LogP contribution in [-0.2, 0) is 0 Å². The fraction of sp³-hybridized carbons (Fsp3) is 0.150. The van der Waals surface area contributed by atoms with Crippen molar-refractivity contribution in [2.75, 3.05) is 17.2 Å². The van der Waals surface area contributed by atoms with Gasteiger partial charge in [0.1, 0.15) is 5.52 Å². The largest absolute Gasteiger partial charge is 0.368 e. The summed E-state index contributed by atoms with van der Waals surface area (Å²) < 4.78 is 4.93. The minimum absolute atomic E-state index is 0.139. The number of halogens is 1. The van der Waals surface area contributed by atoms with Crippen LogP contribution in [0.25, 0.3) is 17.0 Å². The number of imidazole rings is 1. The Labute approximate surface area is 180 Å². The van der Waals surface area contributed by atoms with Gasteiger partial charge in [-0.25, -0.2) is 9.50 Å². The van der Waals surface area contributed by atoms with Crippen molar-refractivity contribution in [2.45, 2.75) is 12.5 Å². The molecule has 0 amide bonds. The van der Waals surface area contributed by atoms with Gasteiger partial charge < -0.3 is 10.6 Å². The first-order valence-electron chi connectivity index (χ1n) is 9.70. The third-order valence-corrected chi connectivity index (χ3v) is 5.82. The van der Waals surface area contributed by atoms with E-state index in [0.717, 1.165) is 18.7 Å². The van der Waals surface area contributed by atoms with Crippen LogP contribution < -0.4 is 16.2 Å². The second-order valence-corrected chi connectivity index (χ2v) is 7.68. The zero-order chi connectivity index (χ0) is 21.1. The van der Waals surface area contributed by atoms with Gasteiger partial charge in [0.05, 0.1) is 16.8 Å². The average Bonchev–Trinajstić information content (AvgIpc) is 3.35. The van der Waals surface area contributed by atoms with Gasteiger partial charge in [0.15, 0.2) is 5.82 Å². The Bertz CT molecular complexity index is 1500. The minimum Gasteiger partial charge on any atom is -0.368 e. The third kappa shape index (κ3) is 2.61. The summed E-state index contributed by atoms with van der Waals surface area (Å²) in [4.78, 5) is 28.3. The zero-order valence-corrected chi connectivity index (χ0v) is 16.9. The molecule has 1 saturated heterocycles. The lowest BCUT2D eigenvalue weighted by Gasteiger charge is -2.41. The molecule has 0 aliphatic carbocycles. The molecule has 0 saturated carbocycles. The van der Waals surface area contributed by atoms with Crippen LogP contribution in [0.1, 0.15) is 18.3 Å². The summed E-state index contributed by atoms with van der Waals surface area (Å²) in [7, 11) is 0. The van der Waals surface area contributed by atoms with E-state index in [2.05, 4.69) is 15.0 Å². The number of nitrogen functional groups attached to an aromatic ring is 1. The summed E-state index contributed by atoms with van der Waals surface area (Å²) >= 11 is 6.29. The third-order valence-electron chi connectivity index (χ3n) is 5.52. The van der Waals surface area contributed by atoms with Gasteiger partial charge in [-0.05, 0) is 24.6 Å². The number of para-hydroxylation sites is 1. The molecule has 1 fully saturated rings. The van der Waals surface area contributed by atoms with E-state index in [9.17, 15) is 4.79 Å². The molecule has 31 heavy (non-hydrogen) atoms. The molecule has 154 valence electrons. The summed E-state index contributed by atoms with van der Waals surface area (Å²) in [6.45, 7) is 0.726. The van der Waals surface area contributed by atoms with E-state index in [4.69, 9.17) is 22.4 Å². The molecular weight excluding hydrogens is 418 g/mol. The molecule has 10 nitrogen and oxygen atoms in total. The Hall–Kier alpha value is -3.92. The van der Waals surface area contributed by atoms with E-state index >= 15 is 0 Å². The standard InChI is InChI=1S/C20H16ClN9O/c21-13-6-10-29-15(13)17(31)30(12-4-2-1-3-5-12)16(26-29)14-7-9-27(14)20-25-18(22)24-19-23-8-11-28(19)20/h1-6,8,10-11,14H,7,9H2,(H2,22,23,24)/t14-/m0/s1. The smallest absolute Gasteiger partial charge is 0.284 e. The van der Waals surface area contributed by atoms with Crippen molar-refractivity contribution < 1.29 is 0 Å². The molecular formula is C20H16ClN9O. The summed E-state index contributed by atoms with van der Waals surface area (Å²) in [5, 5.41) is 5.14. The van der Waals surface area contributed by atoms with Gasteiger partial charge in [-0.2, -0.15) is 15.1 Å². The van der Waals surface area contributed by atoms with Crippen molar-refractivity contribution in [3.05, 3.63) is 76.2 Å². The van der Waals surface area contributed by atoms with E-state index in [-0.39, 0.29) is 17.5 Å². The lowest BCUT2D eigenvalue weighted by molar-refractivity contribution is 0.417. The fourth-order valence-electron chi connectivity index (χ4n) is 4.01. The molecule has 5 aromatic rings. The maximum atomic E-state index is 13.5. The van der Waals surface area contributed by atoms with Crippen molar-refractivity contribution >= 4 is 34.8 Å². The van der Waals surface area contributed by atoms with Crippen LogP contribution in [0, 0.1) is 0 Å². The zero-order valence-electron chi connectivity index (χ0n) is 16.1. The maximum Gasteiger partial charge on any atom is 0.284 e. The lowest BCUT2D eigenvalue weighted by atomic mass is 10.0. The van der Waals surface area contributed by atoms with Gasteiger partial charge in [-0.15, -0.1) is 0 Å². The molecule has 6 rings (SSSR count). The molecule has 1 aromatic carbocycles. The number of nitrogens with zero attached hydrogens (tertiary/aromatic N) is 8. The Morgan fingerprint density at radius 3 is 2.71 bits per heavy atom. The average molecular weight is 434 g/mol. The summed E-state index contributed by atoms with van der Waals surface area (Å²) in [6, 6.07) is 10.9. The van der Waals surface area contributed by atoms with Gasteiger partial charge in [-0.1, -0.05) is 29.8 Å². The molecule has 5 heterocycles. The Kier molecular flexibility index (Phi) is 3.78.